The van der Waals surface area contributed by atoms with E-state index in [0.717, 1.165) is 0 Å². The van der Waals surface area contributed by atoms with Crippen molar-refractivity contribution >= 4 is 0 Å². The molecule has 0 fully saturated rings. The van der Waals surface area contributed by atoms with Gasteiger partial charge in [-0.2, -0.15) is 0 Å². The zero-order chi connectivity index (χ0) is 24.4. The Bertz CT molecular complexity index is 770. The van der Waals surface area contributed by atoms with E-state index in [1.807, 2.05) is 0 Å². The molecule has 189 valence electrons. The number of rotatable bonds is 19. The molecule has 2 aromatic carbocycles. The summed E-state index contributed by atoms with van der Waals surface area (Å²) in [6, 6.07) is 15.1. The third-order valence-electron chi connectivity index (χ3n) is 7.29. The molecule has 0 aliphatic heterocycles. The summed E-state index contributed by atoms with van der Waals surface area (Å²) in [6.45, 7) is 9.30. The predicted molar refractivity (Wildman–Crippen MR) is 153 cm³/mol. The Morgan fingerprint density at radius 1 is 0.471 bits per heavy atom. The molecule has 0 saturated carbocycles. The summed E-state index contributed by atoms with van der Waals surface area (Å²) in [5.74, 6) is 0. The lowest BCUT2D eigenvalue weighted by molar-refractivity contribution is 0.596. The van der Waals surface area contributed by atoms with E-state index in [-0.39, 0.29) is 0 Å². The highest BCUT2D eigenvalue weighted by atomic mass is 14.2. The fourth-order valence-electron chi connectivity index (χ4n) is 5.43. The fourth-order valence-corrected chi connectivity index (χ4v) is 5.43. The zero-order valence-corrected chi connectivity index (χ0v) is 23.1. The molecule has 2 rings (SSSR count). The molecule has 0 nitrogen and oxygen atoms in total. The smallest absolute Gasteiger partial charge is 0.00584 e. The van der Waals surface area contributed by atoms with Crippen LogP contribution in [-0.4, -0.2) is 0 Å². The summed E-state index contributed by atoms with van der Waals surface area (Å²) < 4.78 is 0. The summed E-state index contributed by atoms with van der Waals surface area (Å²) in [5.41, 5.74) is 9.30. The van der Waals surface area contributed by atoms with E-state index in [1.54, 1.807) is 16.7 Å². The molecule has 0 unspecified atom stereocenters. The van der Waals surface area contributed by atoms with Gasteiger partial charge in [0.1, 0.15) is 0 Å². The number of benzene rings is 2. The van der Waals surface area contributed by atoms with Gasteiger partial charge < -0.3 is 0 Å². The Kier molecular flexibility index (Phi) is 15.0. The van der Waals surface area contributed by atoms with E-state index < -0.39 is 0 Å². The molecule has 0 aliphatic rings. The van der Waals surface area contributed by atoms with Crippen molar-refractivity contribution in [3.8, 4) is 11.1 Å². The van der Waals surface area contributed by atoms with Crippen molar-refractivity contribution in [1.29, 1.82) is 0 Å². The maximum absolute atomic E-state index is 4.00. The Labute approximate surface area is 213 Å². The number of aryl methyl sites for hydroxylation is 1. The first-order valence-corrected chi connectivity index (χ1v) is 14.9. The normalized spacial score (nSPS) is 11.3. The zero-order valence-electron chi connectivity index (χ0n) is 23.1. The molecule has 0 N–H and O–H groups in total. The largest absolute Gasteiger partial charge is 0.0654 e. The Balaban J connectivity index is 2.36. The fraction of sp³-hybridized carbons (Fsp3) is 0.647. The standard InChI is InChI=1S/C34H53/c1-5-9-11-13-15-20-26-31-30(22-7-3)28-34(29-24-18-17-19-25-29)32(23-8-4)33(31)27-21-16-14-12-10-6-2/h17-19,24-25H,5-16,20-23,26-27H2,1-4H3. The number of hydrogen-bond donors (Lipinski definition) is 0. The molecule has 0 bridgehead atoms. The second-order valence-corrected chi connectivity index (χ2v) is 10.3. The second-order valence-electron chi connectivity index (χ2n) is 10.3. The van der Waals surface area contributed by atoms with Gasteiger partial charge in [0.25, 0.3) is 0 Å². The molecule has 0 heteroatoms. The van der Waals surface area contributed by atoms with Crippen LogP contribution in [0.5, 0.6) is 0 Å². The van der Waals surface area contributed by atoms with Crippen molar-refractivity contribution in [2.75, 3.05) is 0 Å². The molecule has 0 aliphatic carbocycles. The molecule has 0 spiro atoms. The van der Waals surface area contributed by atoms with Crippen LogP contribution < -0.4 is 0 Å². The average molecular weight is 462 g/mol. The van der Waals surface area contributed by atoms with E-state index in [2.05, 4.69) is 64.1 Å². The third-order valence-corrected chi connectivity index (χ3v) is 7.29. The van der Waals surface area contributed by atoms with Crippen LogP contribution in [0.2, 0.25) is 0 Å². The SMILES string of the molecule is CCCCCCCCc1c(CCC)[c]c(-c2ccccc2)c(CCC)c1CCCCCCCC. The second kappa shape index (κ2) is 17.8. The van der Waals surface area contributed by atoms with E-state index in [4.69, 9.17) is 0 Å². The molecule has 0 saturated heterocycles. The van der Waals surface area contributed by atoms with Gasteiger partial charge >= 0.3 is 0 Å². The van der Waals surface area contributed by atoms with E-state index >= 15 is 0 Å². The minimum absolute atomic E-state index is 1.17. The number of hydrogen-bond acceptors (Lipinski definition) is 0. The lowest BCUT2D eigenvalue weighted by Crippen LogP contribution is -2.09. The number of unbranched alkanes of at least 4 members (excludes halogenated alkanes) is 10. The highest BCUT2D eigenvalue weighted by Gasteiger charge is 2.18. The summed E-state index contributed by atoms with van der Waals surface area (Å²) in [4.78, 5) is 0. The third kappa shape index (κ3) is 9.59. The summed E-state index contributed by atoms with van der Waals surface area (Å²) >= 11 is 0. The summed E-state index contributed by atoms with van der Waals surface area (Å²) in [5, 5.41) is 0. The van der Waals surface area contributed by atoms with E-state index in [9.17, 15) is 0 Å². The van der Waals surface area contributed by atoms with Gasteiger partial charge in [-0.05, 0) is 78.0 Å². The molecule has 0 atom stereocenters. The Morgan fingerprint density at radius 2 is 1.00 bits per heavy atom. The lowest BCUT2D eigenvalue weighted by atomic mass is 9.81. The monoisotopic (exact) mass is 461 g/mol. The van der Waals surface area contributed by atoms with Crippen molar-refractivity contribution in [3.05, 3.63) is 58.7 Å². The first kappa shape index (κ1) is 28.7. The molecule has 0 aromatic heterocycles. The van der Waals surface area contributed by atoms with Gasteiger partial charge in [0.15, 0.2) is 0 Å². The summed E-state index contributed by atoms with van der Waals surface area (Å²) in [6.07, 6.45) is 23.8. The quantitative estimate of drug-likeness (QED) is 0.182. The van der Waals surface area contributed by atoms with Crippen molar-refractivity contribution < 1.29 is 0 Å². The molecule has 2 aromatic rings. The van der Waals surface area contributed by atoms with Gasteiger partial charge in [-0.1, -0.05) is 135 Å². The summed E-state index contributed by atoms with van der Waals surface area (Å²) in [7, 11) is 0. The van der Waals surface area contributed by atoms with Crippen LogP contribution in [0.4, 0.5) is 0 Å². The Morgan fingerprint density at radius 3 is 1.56 bits per heavy atom. The van der Waals surface area contributed by atoms with Gasteiger partial charge in [0.05, 0.1) is 0 Å². The maximum atomic E-state index is 4.00. The van der Waals surface area contributed by atoms with E-state index in [1.165, 1.54) is 132 Å². The highest BCUT2D eigenvalue weighted by Crippen LogP contribution is 2.34. The van der Waals surface area contributed by atoms with Gasteiger partial charge in [-0.15, -0.1) is 0 Å². The minimum atomic E-state index is 1.17. The van der Waals surface area contributed by atoms with Crippen LogP contribution in [0.1, 0.15) is 140 Å². The van der Waals surface area contributed by atoms with Gasteiger partial charge in [0.2, 0.25) is 0 Å². The van der Waals surface area contributed by atoms with Crippen molar-refractivity contribution in [2.45, 2.75) is 143 Å². The molecule has 1 radical (unpaired) electrons. The van der Waals surface area contributed by atoms with Crippen LogP contribution in [0, 0.1) is 6.07 Å². The van der Waals surface area contributed by atoms with Gasteiger partial charge in [-0.25, -0.2) is 0 Å². The van der Waals surface area contributed by atoms with Crippen LogP contribution in [0.3, 0.4) is 0 Å². The first-order valence-electron chi connectivity index (χ1n) is 14.9. The van der Waals surface area contributed by atoms with Crippen molar-refractivity contribution in [1.82, 2.24) is 0 Å². The Hall–Kier alpha value is -1.56. The molecule has 34 heavy (non-hydrogen) atoms. The average Bonchev–Trinajstić information content (AvgIpc) is 2.86. The van der Waals surface area contributed by atoms with Crippen LogP contribution in [0.25, 0.3) is 11.1 Å². The molecule has 0 heterocycles. The molecular formula is C34H53. The van der Waals surface area contributed by atoms with Crippen molar-refractivity contribution in [2.24, 2.45) is 0 Å². The van der Waals surface area contributed by atoms with Crippen LogP contribution >= 0.6 is 0 Å². The lowest BCUT2D eigenvalue weighted by Gasteiger charge is -2.23. The van der Waals surface area contributed by atoms with Crippen molar-refractivity contribution in [3.63, 3.8) is 0 Å². The van der Waals surface area contributed by atoms with Gasteiger partial charge in [0, 0.05) is 0 Å². The predicted octanol–water partition coefficient (Wildman–Crippen LogP) is 10.9. The molecular weight excluding hydrogens is 408 g/mol. The van der Waals surface area contributed by atoms with Crippen LogP contribution in [0.15, 0.2) is 30.3 Å². The van der Waals surface area contributed by atoms with Gasteiger partial charge in [-0.3, -0.25) is 0 Å². The topological polar surface area (TPSA) is 0 Å². The molecule has 0 amide bonds. The maximum Gasteiger partial charge on any atom is -0.00584 e. The van der Waals surface area contributed by atoms with E-state index in [0.29, 0.717) is 0 Å². The minimum Gasteiger partial charge on any atom is -0.0654 e. The first-order chi connectivity index (χ1) is 16.8. The van der Waals surface area contributed by atoms with Crippen LogP contribution in [-0.2, 0) is 25.7 Å². The highest BCUT2D eigenvalue weighted by molar-refractivity contribution is 5.70.